The highest BCUT2D eigenvalue weighted by atomic mass is 16.7. The number of hydrogen-bond acceptors (Lipinski definition) is 3. The van der Waals surface area contributed by atoms with Crippen LogP contribution in [0.2, 0.25) is 0 Å². The van der Waals surface area contributed by atoms with E-state index in [4.69, 9.17) is 9.47 Å². The molecule has 3 nitrogen and oxygen atoms in total. The van der Waals surface area contributed by atoms with Gasteiger partial charge in [-0.15, -0.1) is 0 Å². The molecular formula is C14H19NO2. The first-order chi connectivity index (χ1) is 8.33. The van der Waals surface area contributed by atoms with Gasteiger partial charge in [0.05, 0.1) is 0 Å². The van der Waals surface area contributed by atoms with Gasteiger partial charge in [-0.05, 0) is 62.4 Å². The molecule has 1 fully saturated rings. The molecule has 2 heterocycles. The number of piperidine rings is 1. The second-order valence-electron chi connectivity index (χ2n) is 5.06. The number of aryl methyl sites for hydroxylation is 1. The van der Waals surface area contributed by atoms with Crippen LogP contribution in [0.5, 0.6) is 11.5 Å². The average molecular weight is 233 g/mol. The van der Waals surface area contributed by atoms with Crippen LogP contribution in [0.3, 0.4) is 0 Å². The van der Waals surface area contributed by atoms with E-state index in [-0.39, 0.29) is 0 Å². The minimum absolute atomic E-state index is 0.373. The Balaban J connectivity index is 1.82. The predicted octanol–water partition coefficient (Wildman–Crippen LogP) is 2.27. The summed E-state index contributed by atoms with van der Waals surface area (Å²) >= 11 is 0. The second-order valence-corrected chi connectivity index (χ2v) is 5.06. The van der Waals surface area contributed by atoms with Crippen LogP contribution >= 0.6 is 0 Å². The molecule has 3 rings (SSSR count). The number of benzene rings is 1. The van der Waals surface area contributed by atoms with E-state index in [0.29, 0.717) is 6.79 Å². The van der Waals surface area contributed by atoms with Gasteiger partial charge >= 0.3 is 0 Å². The second kappa shape index (κ2) is 4.57. The Labute approximate surface area is 102 Å². The molecule has 1 aromatic carbocycles. The van der Waals surface area contributed by atoms with Crippen molar-refractivity contribution in [3.05, 3.63) is 23.3 Å². The van der Waals surface area contributed by atoms with E-state index < -0.39 is 0 Å². The van der Waals surface area contributed by atoms with Crippen molar-refractivity contribution in [2.75, 3.05) is 19.9 Å². The summed E-state index contributed by atoms with van der Waals surface area (Å²) in [6.07, 6.45) is 3.65. The van der Waals surface area contributed by atoms with E-state index in [9.17, 15) is 0 Å². The molecule has 0 aliphatic carbocycles. The maximum absolute atomic E-state index is 5.59. The number of fused-ring (bicyclic) bond motifs is 1. The zero-order valence-corrected chi connectivity index (χ0v) is 10.3. The Morgan fingerprint density at radius 1 is 1.24 bits per heavy atom. The van der Waals surface area contributed by atoms with Crippen LogP contribution in [0.15, 0.2) is 12.1 Å². The standard InChI is InChI=1S/C14H19NO2/c1-10-6-12(8-11-2-4-15-5-3-11)14-13(7-10)16-9-17-14/h6-7,11,15H,2-5,8-9H2,1H3. The monoisotopic (exact) mass is 233 g/mol. The van der Waals surface area contributed by atoms with Crippen molar-refractivity contribution in [3.63, 3.8) is 0 Å². The first kappa shape index (κ1) is 10.9. The molecule has 0 aromatic heterocycles. The molecule has 0 saturated carbocycles. The molecule has 2 aliphatic rings. The number of hydrogen-bond donors (Lipinski definition) is 1. The molecule has 1 saturated heterocycles. The van der Waals surface area contributed by atoms with Gasteiger partial charge in [-0.3, -0.25) is 0 Å². The van der Waals surface area contributed by atoms with Crippen LogP contribution < -0.4 is 14.8 Å². The summed E-state index contributed by atoms with van der Waals surface area (Å²) in [5.41, 5.74) is 2.59. The molecule has 0 radical (unpaired) electrons. The van der Waals surface area contributed by atoms with E-state index in [1.165, 1.54) is 24.0 Å². The van der Waals surface area contributed by atoms with Gasteiger partial charge in [0.15, 0.2) is 11.5 Å². The van der Waals surface area contributed by atoms with Crippen LogP contribution in [0, 0.1) is 12.8 Å². The maximum atomic E-state index is 5.59. The third-order valence-corrected chi connectivity index (χ3v) is 3.66. The molecule has 0 amide bonds. The van der Waals surface area contributed by atoms with E-state index in [2.05, 4.69) is 24.4 Å². The fraction of sp³-hybridized carbons (Fsp3) is 0.571. The SMILES string of the molecule is Cc1cc(CC2CCNCC2)c2c(c1)OCO2. The molecule has 92 valence electrons. The summed E-state index contributed by atoms with van der Waals surface area (Å²) in [7, 11) is 0. The van der Waals surface area contributed by atoms with Gasteiger partial charge in [0.25, 0.3) is 0 Å². The molecule has 3 heteroatoms. The van der Waals surface area contributed by atoms with Crippen molar-refractivity contribution >= 4 is 0 Å². The quantitative estimate of drug-likeness (QED) is 0.850. The molecule has 17 heavy (non-hydrogen) atoms. The van der Waals surface area contributed by atoms with E-state index in [1.807, 2.05) is 0 Å². The number of ether oxygens (including phenoxy) is 2. The normalized spacial score (nSPS) is 19.6. The van der Waals surface area contributed by atoms with Gasteiger partial charge in [-0.1, -0.05) is 6.07 Å². The zero-order chi connectivity index (χ0) is 11.7. The lowest BCUT2D eigenvalue weighted by Crippen LogP contribution is -2.28. The van der Waals surface area contributed by atoms with Crippen molar-refractivity contribution in [1.29, 1.82) is 0 Å². The molecule has 1 N–H and O–H groups in total. The highest BCUT2D eigenvalue weighted by Gasteiger charge is 2.21. The van der Waals surface area contributed by atoms with Crippen LogP contribution in [0.1, 0.15) is 24.0 Å². The Morgan fingerprint density at radius 2 is 2.06 bits per heavy atom. The van der Waals surface area contributed by atoms with Crippen molar-refractivity contribution in [2.45, 2.75) is 26.2 Å². The zero-order valence-electron chi connectivity index (χ0n) is 10.3. The fourth-order valence-electron chi connectivity index (χ4n) is 2.78. The lowest BCUT2D eigenvalue weighted by Gasteiger charge is -2.23. The largest absolute Gasteiger partial charge is 0.454 e. The van der Waals surface area contributed by atoms with E-state index in [1.54, 1.807) is 0 Å². The van der Waals surface area contributed by atoms with Crippen molar-refractivity contribution in [2.24, 2.45) is 5.92 Å². The molecule has 0 spiro atoms. The molecule has 0 unspecified atom stereocenters. The summed E-state index contributed by atoms with van der Waals surface area (Å²) in [4.78, 5) is 0. The third-order valence-electron chi connectivity index (χ3n) is 3.66. The molecule has 0 bridgehead atoms. The molecule has 1 aromatic rings. The van der Waals surface area contributed by atoms with Crippen LogP contribution in [0.4, 0.5) is 0 Å². The molecule has 2 aliphatic heterocycles. The summed E-state index contributed by atoms with van der Waals surface area (Å²) in [6, 6.07) is 4.31. The Kier molecular flexibility index (Phi) is 2.93. The van der Waals surface area contributed by atoms with Gasteiger partial charge in [0, 0.05) is 0 Å². The van der Waals surface area contributed by atoms with Crippen LogP contribution in [-0.2, 0) is 6.42 Å². The Hall–Kier alpha value is -1.22. The average Bonchev–Trinajstić information content (AvgIpc) is 2.78. The summed E-state index contributed by atoms with van der Waals surface area (Å²) in [6.45, 7) is 4.79. The van der Waals surface area contributed by atoms with Crippen LogP contribution in [0.25, 0.3) is 0 Å². The number of nitrogens with one attached hydrogen (secondary N) is 1. The molecule has 0 atom stereocenters. The number of rotatable bonds is 2. The highest BCUT2D eigenvalue weighted by Crippen LogP contribution is 2.38. The van der Waals surface area contributed by atoms with Crippen molar-refractivity contribution < 1.29 is 9.47 Å². The van der Waals surface area contributed by atoms with Gasteiger partial charge < -0.3 is 14.8 Å². The highest BCUT2D eigenvalue weighted by molar-refractivity contribution is 5.50. The summed E-state index contributed by atoms with van der Waals surface area (Å²) in [5, 5.41) is 3.41. The Morgan fingerprint density at radius 3 is 2.88 bits per heavy atom. The third kappa shape index (κ3) is 2.25. The lowest BCUT2D eigenvalue weighted by atomic mass is 9.90. The fourth-order valence-corrected chi connectivity index (χ4v) is 2.78. The van der Waals surface area contributed by atoms with E-state index in [0.717, 1.165) is 36.9 Å². The topological polar surface area (TPSA) is 30.5 Å². The Bertz CT molecular complexity index is 411. The van der Waals surface area contributed by atoms with Gasteiger partial charge in [-0.25, -0.2) is 0 Å². The molecular weight excluding hydrogens is 214 g/mol. The van der Waals surface area contributed by atoms with Gasteiger partial charge in [0.1, 0.15) is 0 Å². The lowest BCUT2D eigenvalue weighted by molar-refractivity contribution is 0.173. The van der Waals surface area contributed by atoms with Gasteiger partial charge in [-0.2, -0.15) is 0 Å². The minimum Gasteiger partial charge on any atom is -0.454 e. The first-order valence-electron chi connectivity index (χ1n) is 6.43. The van der Waals surface area contributed by atoms with Gasteiger partial charge in [0.2, 0.25) is 6.79 Å². The van der Waals surface area contributed by atoms with E-state index >= 15 is 0 Å². The maximum Gasteiger partial charge on any atom is 0.231 e. The van der Waals surface area contributed by atoms with Crippen molar-refractivity contribution in [1.82, 2.24) is 5.32 Å². The summed E-state index contributed by atoms with van der Waals surface area (Å²) in [5.74, 6) is 2.69. The van der Waals surface area contributed by atoms with Crippen LogP contribution in [-0.4, -0.2) is 19.9 Å². The first-order valence-corrected chi connectivity index (χ1v) is 6.43. The summed E-state index contributed by atoms with van der Waals surface area (Å²) < 4.78 is 11.1. The van der Waals surface area contributed by atoms with Crippen molar-refractivity contribution in [3.8, 4) is 11.5 Å². The predicted molar refractivity (Wildman–Crippen MR) is 66.6 cm³/mol. The minimum atomic E-state index is 0.373. The smallest absolute Gasteiger partial charge is 0.231 e.